The first kappa shape index (κ1) is 32.1. The van der Waals surface area contributed by atoms with E-state index in [2.05, 4.69) is 21.3 Å². The highest BCUT2D eigenvalue weighted by Crippen LogP contribution is 2.27. The highest BCUT2D eigenvalue weighted by Gasteiger charge is 2.46. The van der Waals surface area contributed by atoms with E-state index in [-0.39, 0.29) is 42.7 Å². The van der Waals surface area contributed by atoms with Crippen LogP contribution >= 0.6 is 0 Å². The number of nitrogens with zero attached hydrogens (tertiary/aromatic N) is 1. The summed E-state index contributed by atoms with van der Waals surface area (Å²) in [5, 5.41) is 11.4. The van der Waals surface area contributed by atoms with Crippen molar-refractivity contribution in [1.82, 2.24) is 26.2 Å². The maximum atomic E-state index is 14.0. The molecule has 0 radical (unpaired) electrons. The monoisotopic (exact) mass is 571 g/mol. The Bertz CT molecular complexity index is 1140. The lowest BCUT2D eigenvalue weighted by Crippen LogP contribution is -2.60. The second-order valence-corrected chi connectivity index (χ2v) is 11.1. The summed E-state index contributed by atoms with van der Waals surface area (Å²) >= 11 is 0. The number of hydrogen-bond acceptors (Lipinski definition) is 7. The van der Waals surface area contributed by atoms with Crippen LogP contribution in [0.5, 0.6) is 5.75 Å². The largest absolute Gasteiger partial charge is 0.496 e. The molecular weight excluding hydrogens is 526 g/mol. The fourth-order valence-electron chi connectivity index (χ4n) is 5.05. The lowest BCUT2D eigenvalue weighted by molar-refractivity contribution is -0.146. The summed E-state index contributed by atoms with van der Waals surface area (Å²) < 4.78 is 11.7. The molecule has 2 aliphatic heterocycles. The van der Waals surface area contributed by atoms with Crippen LogP contribution in [-0.4, -0.2) is 79.5 Å². The van der Waals surface area contributed by atoms with Gasteiger partial charge in [0.15, 0.2) is 0 Å². The average Bonchev–Trinajstić information content (AvgIpc) is 3.39. The van der Waals surface area contributed by atoms with Crippen molar-refractivity contribution >= 4 is 29.7 Å². The topological polar surface area (TPSA) is 138 Å². The number of likely N-dealkylation sites (tertiary alicyclic amines) is 1. The van der Waals surface area contributed by atoms with E-state index < -0.39 is 36.2 Å². The molecule has 4 N–H and O–H groups in total. The van der Waals surface area contributed by atoms with E-state index in [1.807, 2.05) is 45.9 Å². The number of carbonyl (C=O) groups is 4. The number of nitrogens with one attached hydrogen (secondary N) is 4. The van der Waals surface area contributed by atoms with Crippen molar-refractivity contribution < 1.29 is 28.7 Å². The number of fused-ring (bicyclic) bond motifs is 3. The van der Waals surface area contributed by atoms with Crippen molar-refractivity contribution in [2.75, 3.05) is 20.7 Å². The molecule has 0 aliphatic carbocycles. The van der Waals surface area contributed by atoms with Gasteiger partial charge >= 0.3 is 0 Å². The van der Waals surface area contributed by atoms with E-state index in [4.69, 9.17) is 9.47 Å². The first-order valence-corrected chi connectivity index (χ1v) is 14.4. The Morgan fingerprint density at radius 1 is 1.17 bits per heavy atom. The number of carbonyl (C=O) groups excluding carboxylic acids is 4. The summed E-state index contributed by atoms with van der Waals surface area (Å²) in [4.78, 5) is 55.3. The smallest absolute Gasteiger partial charge is 0.246 e. The normalized spacial score (nSPS) is 24.3. The maximum Gasteiger partial charge on any atom is 0.246 e. The van der Waals surface area contributed by atoms with E-state index >= 15 is 0 Å². The molecule has 4 amide bonds. The zero-order chi connectivity index (χ0) is 30.3. The molecule has 226 valence electrons. The highest BCUT2D eigenvalue weighted by atomic mass is 16.5. The van der Waals surface area contributed by atoms with Crippen molar-refractivity contribution in [2.24, 2.45) is 11.8 Å². The molecule has 3 rings (SSSR count). The van der Waals surface area contributed by atoms with Crippen molar-refractivity contribution in [1.29, 1.82) is 0 Å². The Morgan fingerprint density at radius 3 is 2.54 bits per heavy atom. The molecule has 1 aromatic carbocycles. The van der Waals surface area contributed by atoms with Crippen molar-refractivity contribution in [2.45, 2.75) is 84.3 Å². The summed E-state index contributed by atoms with van der Waals surface area (Å²) in [6.45, 7) is 9.74. The summed E-state index contributed by atoms with van der Waals surface area (Å²) in [5.74, 6) is -1.24. The predicted octanol–water partition coefficient (Wildman–Crippen LogP) is 1.56. The van der Waals surface area contributed by atoms with Crippen LogP contribution < -0.4 is 26.0 Å². The first-order valence-electron chi connectivity index (χ1n) is 14.4. The summed E-state index contributed by atoms with van der Waals surface area (Å²) in [5.41, 5.74) is 1.61. The zero-order valence-electron chi connectivity index (χ0n) is 25.2. The number of ether oxygens (including phenoxy) is 2. The SMILES string of the molecule is CC[C@H](C)[C@H](NC(=O)[C@@H](C)NC)C(=O)N1CC[C@@H]2OCc3ccc(OC)c(c3)/C=C/NC(=O)[C@H](C(C)C)NC(=O)[C@H]21. The molecule has 0 unspecified atom stereocenters. The zero-order valence-corrected chi connectivity index (χ0v) is 25.2. The van der Waals surface area contributed by atoms with Crippen LogP contribution in [0.25, 0.3) is 6.08 Å². The van der Waals surface area contributed by atoms with Gasteiger partial charge in [-0.25, -0.2) is 0 Å². The lowest BCUT2D eigenvalue weighted by atomic mass is 9.96. The summed E-state index contributed by atoms with van der Waals surface area (Å²) in [7, 11) is 3.25. The van der Waals surface area contributed by atoms with Gasteiger partial charge in [0.2, 0.25) is 23.6 Å². The Morgan fingerprint density at radius 2 is 1.90 bits per heavy atom. The third-order valence-corrected chi connectivity index (χ3v) is 7.99. The van der Waals surface area contributed by atoms with Crippen LogP contribution in [0.15, 0.2) is 24.4 Å². The number of hydrogen-bond donors (Lipinski definition) is 4. The predicted molar refractivity (Wildman–Crippen MR) is 156 cm³/mol. The Balaban J connectivity index is 1.98. The van der Waals surface area contributed by atoms with E-state index in [1.54, 1.807) is 27.2 Å². The molecule has 2 heterocycles. The molecule has 1 saturated heterocycles. The Labute approximate surface area is 242 Å². The van der Waals surface area contributed by atoms with Gasteiger partial charge < -0.3 is 35.6 Å². The minimum absolute atomic E-state index is 0.171. The number of likely N-dealkylation sites (N-methyl/N-ethyl adjacent to an activating group) is 1. The fourth-order valence-corrected chi connectivity index (χ4v) is 5.05. The molecule has 0 aromatic heterocycles. The molecule has 2 bridgehead atoms. The van der Waals surface area contributed by atoms with Gasteiger partial charge in [0, 0.05) is 18.3 Å². The van der Waals surface area contributed by atoms with Crippen LogP contribution in [0.3, 0.4) is 0 Å². The molecule has 1 fully saturated rings. The van der Waals surface area contributed by atoms with Crippen LogP contribution in [0.2, 0.25) is 0 Å². The maximum absolute atomic E-state index is 14.0. The minimum atomic E-state index is -0.974. The van der Waals surface area contributed by atoms with Gasteiger partial charge in [-0.3, -0.25) is 19.2 Å². The van der Waals surface area contributed by atoms with Gasteiger partial charge in [-0.15, -0.1) is 0 Å². The second-order valence-electron chi connectivity index (χ2n) is 11.1. The quantitative estimate of drug-likeness (QED) is 0.372. The number of amides is 4. The van der Waals surface area contributed by atoms with Gasteiger partial charge in [0.1, 0.15) is 23.9 Å². The molecule has 2 aliphatic rings. The van der Waals surface area contributed by atoms with E-state index in [0.29, 0.717) is 18.6 Å². The van der Waals surface area contributed by atoms with Gasteiger partial charge in [0.05, 0.1) is 25.9 Å². The van der Waals surface area contributed by atoms with Crippen LogP contribution in [0.4, 0.5) is 0 Å². The highest BCUT2D eigenvalue weighted by molar-refractivity contribution is 5.96. The van der Waals surface area contributed by atoms with Crippen molar-refractivity contribution in [3.05, 3.63) is 35.5 Å². The molecular formula is C30H45N5O6. The molecule has 41 heavy (non-hydrogen) atoms. The number of rotatable bonds is 8. The van der Waals surface area contributed by atoms with E-state index in [0.717, 1.165) is 11.1 Å². The van der Waals surface area contributed by atoms with Crippen LogP contribution in [-0.2, 0) is 30.5 Å². The van der Waals surface area contributed by atoms with Gasteiger partial charge in [-0.2, -0.15) is 0 Å². The average molecular weight is 572 g/mol. The van der Waals surface area contributed by atoms with Gasteiger partial charge in [-0.1, -0.05) is 40.2 Å². The number of benzene rings is 1. The lowest BCUT2D eigenvalue weighted by Gasteiger charge is -2.34. The Kier molecular flexibility index (Phi) is 11.3. The van der Waals surface area contributed by atoms with E-state index in [1.165, 1.54) is 11.1 Å². The molecule has 0 saturated carbocycles. The Hall–Kier alpha value is -3.44. The van der Waals surface area contributed by atoms with Crippen molar-refractivity contribution in [3.8, 4) is 5.75 Å². The van der Waals surface area contributed by atoms with Crippen molar-refractivity contribution in [3.63, 3.8) is 0 Å². The molecule has 11 nitrogen and oxygen atoms in total. The third-order valence-electron chi connectivity index (χ3n) is 7.99. The van der Waals surface area contributed by atoms with Crippen LogP contribution in [0.1, 0.15) is 58.6 Å². The standard InChI is InChI=1S/C30H45N5O6/c1-8-18(4)25(34-27(36)19(5)31-6)30(39)35-14-12-23-26(35)29(38)33-24(17(2)3)28(37)32-13-11-21-15-20(16-41-23)9-10-22(21)40-7/h9-11,13,15,17-19,23-26,31H,8,12,14,16H2,1-7H3,(H,32,37)(H,33,38)(H,34,36)/b13-11+/t18-,19+,23-,24-,25-,26-/m0/s1. The van der Waals surface area contributed by atoms with Crippen LogP contribution in [0, 0.1) is 11.8 Å². The molecule has 1 aromatic rings. The summed E-state index contributed by atoms with van der Waals surface area (Å²) in [6, 6.07) is 2.47. The second kappa shape index (κ2) is 14.5. The molecule has 6 atom stereocenters. The van der Waals surface area contributed by atoms with E-state index in [9.17, 15) is 19.2 Å². The van der Waals surface area contributed by atoms with Gasteiger partial charge in [0.25, 0.3) is 0 Å². The molecule has 11 heteroatoms. The summed E-state index contributed by atoms with van der Waals surface area (Å²) in [6.07, 6.45) is 3.74. The minimum Gasteiger partial charge on any atom is -0.496 e. The van der Waals surface area contributed by atoms with Gasteiger partial charge in [-0.05, 0) is 56.0 Å². The number of methoxy groups -OCH3 is 1. The third kappa shape index (κ3) is 7.65. The first-order chi connectivity index (χ1) is 19.5. The molecule has 0 spiro atoms. The fraction of sp³-hybridized carbons (Fsp3) is 0.600.